The van der Waals surface area contributed by atoms with Crippen molar-refractivity contribution in [1.82, 2.24) is 4.90 Å². The summed E-state index contributed by atoms with van der Waals surface area (Å²) in [6.45, 7) is 6.32. The molecule has 0 saturated carbocycles. The molecule has 0 aliphatic heterocycles. The van der Waals surface area contributed by atoms with E-state index in [1.54, 1.807) is 0 Å². The Kier molecular flexibility index (Phi) is 6.81. The minimum Gasteiger partial charge on any atom is -0.494 e. The van der Waals surface area contributed by atoms with Gasteiger partial charge in [0.1, 0.15) is 0 Å². The van der Waals surface area contributed by atoms with E-state index in [2.05, 4.69) is 0 Å². The number of amides is 1. The summed E-state index contributed by atoms with van der Waals surface area (Å²) in [6.07, 6.45) is 1.35. The molecule has 3 nitrogen and oxygen atoms in total. The summed E-state index contributed by atoms with van der Waals surface area (Å²) in [5.41, 5.74) is 2.72. The van der Waals surface area contributed by atoms with Crippen LogP contribution in [0, 0.1) is 0 Å². The van der Waals surface area contributed by atoms with Crippen molar-refractivity contribution in [2.24, 2.45) is 0 Å². The van der Waals surface area contributed by atoms with Crippen molar-refractivity contribution < 1.29 is 9.90 Å². The highest BCUT2D eigenvalue weighted by Crippen LogP contribution is 2.27. The Balaban J connectivity index is 2.39. The molecule has 0 aliphatic carbocycles. The second-order valence-corrected chi connectivity index (χ2v) is 5.98. The molecule has 0 fully saturated rings. The molecule has 0 saturated heterocycles. The smallest absolute Gasteiger partial charge is 0.236 e. The van der Waals surface area contributed by atoms with Gasteiger partial charge in [-0.1, -0.05) is 74.5 Å². The fourth-order valence-electron chi connectivity index (χ4n) is 3.13. The summed E-state index contributed by atoms with van der Waals surface area (Å²) in [5, 5.41) is 10.9. The van der Waals surface area contributed by atoms with E-state index in [1.165, 1.54) is 4.90 Å². The van der Waals surface area contributed by atoms with Gasteiger partial charge in [0.15, 0.2) is 5.88 Å². The SMILES string of the molecule is CC/C(=C(/O)N(CC)C(=O)C(CC)c1ccccc1)c1ccccc1. The molecule has 0 aliphatic rings. The van der Waals surface area contributed by atoms with Crippen molar-refractivity contribution in [3.63, 3.8) is 0 Å². The number of aliphatic hydroxyl groups is 1. The zero-order chi connectivity index (χ0) is 18.2. The maximum atomic E-state index is 13.1. The number of hydrogen-bond acceptors (Lipinski definition) is 2. The molecule has 1 amide bonds. The van der Waals surface area contributed by atoms with Crippen molar-refractivity contribution in [2.75, 3.05) is 6.54 Å². The highest BCUT2D eigenvalue weighted by atomic mass is 16.3. The van der Waals surface area contributed by atoms with E-state index >= 15 is 0 Å². The van der Waals surface area contributed by atoms with Crippen molar-refractivity contribution in [3.05, 3.63) is 77.7 Å². The predicted molar refractivity (Wildman–Crippen MR) is 103 cm³/mol. The lowest BCUT2D eigenvalue weighted by molar-refractivity contribution is -0.132. The largest absolute Gasteiger partial charge is 0.494 e. The number of likely N-dealkylation sites (N-methyl/N-ethyl adjacent to an activating group) is 1. The van der Waals surface area contributed by atoms with Gasteiger partial charge in [0.2, 0.25) is 5.91 Å². The topological polar surface area (TPSA) is 40.5 Å². The van der Waals surface area contributed by atoms with Crippen LogP contribution in [0.4, 0.5) is 0 Å². The Bertz CT molecular complexity index is 707. The second-order valence-electron chi connectivity index (χ2n) is 5.98. The van der Waals surface area contributed by atoms with Gasteiger partial charge in [-0.15, -0.1) is 0 Å². The first kappa shape index (κ1) is 18.8. The van der Waals surface area contributed by atoms with Crippen LogP contribution in [0.1, 0.15) is 50.7 Å². The summed E-state index contributed by atoms with van der Waals surface area (Å²) in [4.78, 5) is 14.6. The molecular formula is C22H27NO2. The molecule has 0 heterocycles. The van der Waals surface area contributed by atoms with Crippen molar-refractivity contribution >= 4 is 11.5 Å². The number of hydrogen-bond donors (Lipinski definition) is 1. The van der Waals surface area contributed by atoms with E-state index in [9.17, 15) is 9.90 Å². The Morgan fingerprint density at radius 3 is 2.00 bits per heavy atom. The predicted octanol–water partition coefficient (Wildman–Crippen LogP) is 5.37. The van der Waals surface area contributed by atoms with Crippen LogP contribution in [0.15, 0.2) is 66.5 Å². The minimum atomic E-state index is -0.253. The van der Waals surface area contributed by atoms with E-state index in [0.29, 0.717) is 19.4 Å². The zero-order valence-electron chi connectivity index (χ0n) is 15.3. The molecule has 1 atom stereocenters. The van der Waals surface area contributed by atoms with Crippen molar-refractivity contribution in [3.8, 4) is 0 Å². The molecule has 0 radical (unpaired) electrons. The molecule has 132 valence electrons. The number of rotatable bonds is 7. The third-order valence-corrected chi connectivity index (χ3v) is 4.49. The lowest BCUT2D eigenvalue weighted by Gasteiger charge is -2.27. The molecule has 0 bridgehead atoms. The van der Waals surface area contributed by atoms with Crippen LogP contribution in [0.3, 0.4) is 0 Å². The number of aliphatic hydroxyl groups excluding tert-OH is 1. The third-order valence-electron chi connectivity index (χ3n) is 4.49. The van der Waals surface area contributed by atoms with Gasteiger partial charge in [0, 0.05) is 12.1 Å². The molecular weight excluding hydrogens is 310 g/mol. The van der Waals surface area contributed by atoms with Gasteiger partial charge >= 0.3 is 0 Å². The van der Waals surface area contributed by atoms with Crippen LogP contribution in [0.2, 0.25) is 0 Å². The van der Waals surface area contributed by atoms with E-state index in [-0.39, 0.29) is 17.7 Å². The number of allylic oxidation sites excluding steroid dienone is 1. The normalized spacial score (nSPS) is 13.1. The second kappa shape index (κ2) is 9.07. The molecule has 2 rings (SSSR count). The molecule has 0 spiro atoms. The first-order valence-corrected chi connectivity index (χ1v) is 8.97. The zero-order valence-corrected chi connectivity index (χ0v) is 15.3. The van der Waals surface area contributed by atoms with Gasteiger partial charge in [0.25, 0.3) is 0 Å². The molecule has 0 aromatic heterocycles. The van der Waals surface area contributed by atoms with Crippen molar-refractivity contribution in [2.45, 2.75) is 39.5 Å². The summed E-state index contributed by atoms with van der Waals surface area (Å²) in [5.74, 6) is -0.247. The Morgan fingerprint density at radius 2 is 1.52 bits per heavy atom. The van der Waals surface area contributed by atoms with Crippen LogP contribution < -0.4 is 0 Å². The maximum absolute atomic E-state index is 13.1. The van der Waals surface area contributed by atoms with E-state index in [4.69, 9.17) is 0 Å². The van der Waals surface area contributed by atoms with Crippen LogP contribution in [-0.2, 0) is 4.79 Å². The fraction of sp³-hybridized carbons (Fsp3) is 0.318. The van der Waals surface area contributed by atoms with Gasteiger partial charge in [-0.05, 0) is 30.9 Å². The van der Waals surface area contributed by atoms with Crippen LogP contribution in [-0.4, -0.2) is 22.5 Å². The van der Waals surface area contributed by atoms with Gasteiger partial charge in [-0.3, -0.25) is 9.69 Å². The standard InChI is InChI=1S/C22H27NO2/c1-4-19(17-13-9-7-10-14-17)21(24)23(6-3)22(25)20(5-2)18-15-11-8-12-16-18/h7-16,19,25H,4-6H2,1-3H3/b22-20-. The lowest BCUT2D eigenvalue weighted by Crippen LogP contribution is -2.35. The quantitative estimate of drug-likeness (QED) is 0.690. The van der Waals surface area contributed by atoms with E-state index in [0.717, 1.165) is 16.7 Å². The van der Waals surface area contributed by atoms with Crippen LogP contribution in [0.5, 0.6) is 0 Å². The lowest BCUT2D eigenvalue weighted by atomic mass is 9.94. The fourth-order valence-corrected chi connectivity index (χ4v) is 3.13. The molecule has 25 heavy (non-hydrogen) atoms. The molecule has 2 aromatic rings. The first-order chi connectivity index (χ1) is 12.1. The van der Waals surface area contributed by atoms with Crippen LogP contribution >= 0.6 is 0 Å². The Labute approximate surface area is 150 Å². The Morgan fingerprint density at radius 1 is 0.960 bits per heavy atom. The van der Waals surface area contributed by atoms with Crippen LogP contribution in [0.25, 0.3) is 5.57 Å². The third kappa shape index (κ3) is 4.30. The molecule has 2 aromatic carbocycles. The number of carbonyl (C=O) groups is 1. The molecule has 1 unspecified atom stereocenters. The highest BCUT2D eigenvalue weighted by molar-refractivity contribution is 5.86. The number of nitrogens with zero attached hydrogens (tertiary/aromatic N) is 1. The summed E-state index contributed by atoms with van der Waals surface area (Å²) in [7, 11) is 0. The van der Waals surface area contributed by atoms with Gasteiger partial charge < -0.3 is 5.11 Å². The van der Waals surface area contributed by atoms with Crippen molar-refractivity contribution in [1.29, 1.82) is 0 Å². The number of benzene rings is 2. The van der Waals surface area contributed by atoms with Gasteiger partial charge in [0.05, 0.1) is 5.92 Å². The molecule has 3 heteroatoms. The minimum absolute atomic E-state index is 0.0596. The van der Waals surface area contributed by atoms with E-state index in [1.807, 2.05) is 81.4 Å². The summed E-state index contributed by atoms with van der Waals surface area (Å²) >= 11 is 0. The monoisotopic (exact) mass is 337 g/mol. The number of carbonyl (C=O) groups excluding carboxylic acids is 1. The van der Waals surface area contributed by atoms with Gasteiger partial charge in [-0.25, -0.2) is 0 Å². The molecule has 1 N–H and O–H groups in total. The summed E-state index contributed by atoms with van der Waals surface area (Å²) < 4.78 is 0. The van der Waals surface area contributed by atoms with E-state index < -0.39 is 0 Å². The van der Waals surface area contributed by atoms with Gasteiger partial charge in [-0.2, -0.15) is 0 Å². The summed E-state index contributed by atoms with van der Waals surface area (Å²) in [6, 6.07) is 19.5. The average molecular weight is 337 g/mol. The maximum Gasteiger partial charge on any atom is 0.236 e. The average Bonchev–Trinajstić information content (AvgIpc) is 2.65. The first-order valence-electron chi connectivity index (χ1n) is 8.97. The highest BCUT2D eigenvalue weighted by Gasteiger charge is 2.27. The Hall–Kier alpha value is -2.55.